The summed E-state index contributed by atoms with van der Waals surface area (Å²) in [4.78, 5) is 0. The zero-order chi connectivity index (χ0) is 11.4. The second-order valence-electron chi connectivity index (χ2n) is 4.15. The molecule has 1 aromatic carbocycles. The van der Waals surface area contributed by atoms with E-state index < -0.39 is 0 Å². The van der Waals surface area contributed by atoms with Gasteiger partial charge < -0.3 is 15.2 Å². The van der Waals surface area contributed by atoms with E-state index >= 15 is 0 Å². The van der Waals surface area contributed by atoms with Crippen LogP contribution < -0.4 is 10.5 Å². The lowest BCUT2D eigenvalue weighted by atomic mass is 9.98. The molecule has 0 aromatic heterocycles. The molecule has 0 amide bonds. The first kappa shape index (κ1) is 11.4. The number of nitrogens with two attached hydrogens (primary N) is 1. The van der Waals surface area contributed by atoms with Crippen LogP contribution >= 0.6 is 0 Å². The van der Waals surface area contributed by atoms with Crippen molar-refractivity contribution in [3.05, 3.63) is 29.8 Å². The molecule has 1 aliphatic heterocycles. The van der Waals surface area contributed by atoms with Gasteiger partial charge in [0.15, 0.2) is 0 Å². The molecule has 3 nitrogen and oxygen atoms in total. The van der Waals surface area contributed by atoms with Crippen molar-refractivity contribution in [2.75, 3.05) is 13.2 Å². The summed E-state index contributed by atoms with van der Waals surface area (Å²) in [5.74, 6) is 0.909. The Kier molecular flexibility index (Phi) is 3.80. The van der Waals surface area contributed by atoms with E-state index in [1.165, 1.54) is 5.56 Å². The molecule has 1 aromatic rings. The molecule has 2 unspecified atom stereocenters. The number of hydrogen-bond acceptors (Lipinski definition) is 3. The van der Waals surface area contributed by atoms with Gasteiger partial charge in [-0.15, -0.1) is 0 Å². The van der Waals surface area contributed by atoms with Gasteiger partial charge in [-0.1, -0.05) is 12.1 Å². The Hall–Kier alpha value is -1.06. The molecule has 1 heterocycles. The number of ether oxygens (including phenoxy) is 2. The SMILES string of the molecule is CCOc1ccc(C2CC(N)CCO2)cc1. The molecule has 3 heteroatoms. The summed E-state index contributed by atoms with van der Waals surface area (Å²) < 4.78 is 11.1. The van der Waals surface area contributed by atoms with Crippen molar-refractivity contribution in [1.29, 1.82) is 0 Å². The molecule has 0 saturated carbocycles. The molecular weight excluding hydrogens is 202 g/mol. The summed E-state index contributed by atoms with van der Waals surface area (Å²) in [6.07, 6.45) is 2.03. The second kappa shape index (κ2) is 5.32. The zero-order valence-corrected chi connectivity index (χ0v) is 9.69. The van der Waals surface area contributed by atoms with E-state index in [2.05, 4.69) is 12.1 Å². The van der Waals surface area contributed by atoms with E-state index in [0.717, 1.165) is 25.2 Å². The molecule has 0 aliphatic carbocycles. The van der Waals surface area contributed by atoms with Crippen LogP contribution in [0.1, 0.15) is 31.4 Å². The highest BCUT2D eigenvalue weighted by molar-refractivity contribution is 5.28. The fraction of sp³-hybridized carbons (Fsp3) is 0.538. The number of hydrogen-bond donors (Lipinski definition) is 1. The lowest BCUT2D eigenvalue weighted by Crippen LogP contribution is -2.30. The van der Waals surface area contributed by atoms with E-state index in [0.29, 0.717) is 6.61 Å². The quantitative estimate of drug-likeness (QED) is 0.851. The highest BCUT2D eigenvalue weighted by Crippen LogP contribution is 2.28. The molecule has 2 atom stereocenters. The third kappa shape index (κ3) is 2.74. The zero-order valence-electron chi connectivity index (χ0n) is 9.69. The molecule has 0 bridgehead atoms. The predicted molar refractivity (Wildman–Crippen MR) is 63.5 cm³/mol. The Morgan fingerprint density at radius 2 is 2.12 bits per heavy atom. The fourth-order valence-electron chi connectivity index (χ4n) is 2.00. The average molecular weight is 221 g/mol. The fourth-order valence-corrected chi connectivity index (χ4v) is 2.00. The molecule has 16 heavy (non-hydrogen) atoms. The molecule has 1 aliphatic rings. The van der Waals surface area contributed by atoms with Gasteiger partial charge in [0, 0.05) is 12.6 Å². The van der Waals surface area contributed by atoms with Crippen molar-refractivity contribution in [2.45, 2.75) is 31.9 Å². The van der Waals surface area contributed by atoms with Gasteiger partial charge in [-0.2, -0.15) is 0 Å². The Morgan fingerprint density at radius 3 is 2.75 bits per heavy atom. The topological polar surface area (TPSA) is 44.5 Å². The van der Waals surface area contributed by atoms with E-state index in [-0.39, 0.29) is 12.1 Å². The van der Waals surface area contributed by atoms with Crippen molar-refractivity contribution in [2.24, 2.45) is 5.73 Å². The van der Waals surface area contributed by atoms with E-state index in [1.54, 1.807) is 0 Å². The van der Waals surface area contributed by atoms with Gasteiger partial charge in [-0.25, -0.2) is 0 Å². The van der Waals surface area contributed by atoms with Crippen LogP contribution in [-0.4, -0.2) is 19.3 Å². The normalized spacial score (nSPS) is 25.4. The van der Waals surface area contributed by atoms with Crippen molar-refractivity contribution < 1.29 is 9.47 Å². The van der Waals surface area contributed by atoms with Crippen LogP contribution in [0, 0.1) is 0 Å². The summed E-state index contributed by atoms with van der Waals surface area (Å²) in [6.45, 7) is 3.44. The van der Waals surface area contributed by atoms with E-state index in [9.17, 15) is 0 Å². The minimum absolute atomic E-state index is 0.152. The highest BCUT2D eigenvalue weighted by atomic mass is 16.5. The lowest BCUT2D eigenvalue weighted by Gasteiger charge is -2.27. The molecule has 2 rings (SSSR count). The Labute approximate surface area is 96.5 Å². The first-order valence-electron chi connectivity index (χ1n) is 5.89. The second-order valence-corrected chi connectivity index (χ2v) is 4.15. The van der Waals surface area contributed by atoms with Crippen LogP contribution in [0.3, 0.4) is 0 Å². The van der Waals surface area contributed by atoms with Crippen LogP contribution in [0.15, 0.2) is 24.3 Å². The number of rotatable bonds is 3. The van der Waals surface area contributed by atoms with Gasteiger partial charge in [0.1, 0.15) is 5.75 Å². The van der Waals surface area contributed by atoms with Crippen LogP contribution in [0.5, 0.6) is 5.75 Å². The summed E-state index contributed by atoms with van der Waals surface area (Å²) in [5, 5.41) is 0. The van der Waals surface area contributed by atoms with Gasteiger partial charge >= 0.3 is 0 Å². The summed E-state index contributed by atoms with van der Waals surface area (Å²) in [7, 11) is 0. The maximum Gasteiger partial charge on any atom is 0.119 e. The predicted octanol–water partition coefficient (Wildman–Crippen LogP) is 2.26. The van der Waals surface area contributed by atoms with Crippen LogP contribution in [0.25, 0.3) is 0 Å². The first-order chi connectivity index (χ1) is 7.79. The summed E-state index contributed by atoms with van der Waals surface area (Å²) >= 11 is 0. The smallest absolute Gasteiger partial charge is 0.119 e. The summed E-state index contributed by atoms with van der Waals surface area (Å²) in [6, 6.07) is 8.37. The number of benzene rings is 1. The van der Waals surface area contributed by atoms with Crippen LogP contribution in [0.2, 0.25) is 0 Å². The van der Waals surface area contributed by atoms with Gasteiger partial charge in [0.2, 0.25) is 0 Å². The van der Waals surface area contributed by atoms with E-state index in [4.69, 9.17) is 15.2 Å². The van der Waals surface area contributed by atoms with E-state index in [1.807, 2.05) is 19.1 Å². The lowest BCUT2D eigenvalue weighted by molar-refractivity contribution is 0.00665. The van der Waals surface area contributed by atoms with Crippen molar-refractivity contribution in [3.63, 3.8) is 0 Å². The maximum absolute atomic E-state index is 5.94. The van der Waals surface area contributed by atoms with Crippen molar-refractivity contribution in [1.82, 2.24) is 0 Å². The summed E-state index contributed by atoms with van der Waals surface area (Å²) in [5.41, 5.74) is 7.13. The standard InChI is InChI=1S/C13H19NO2/c1-2-15-12-5-3-10(4-6-12)13-9-11(14)7-8-16-13/h3-6,11,13H,2,7-9,14H2,1H3. The van der Waals surface area contributed by atoms with Gasteiger partial charge in [-0.05, 0) is 37.5 Å². The Bertz CT molecular complexity index is 323. The van der Waals surface area contributed by atoms with Gasteiger partial charge in [0.05, 0.1) is 12.7 Å². The van der Waals surface area contributed by atoms with Gasteiger partial charge in [-0.3, -0.25) is 0 Å². The Morgan fingerprint density at radius 1 is 1.38 bits per heavy atom. The molecule has 88 valence electrons. The van der Waals surface area contributed by atoms with Crippen molar-refractivity contribution >= 4 is 0 Å². The third-order valence-electron chi connectivity index (χ3n) is 2.89. The van der Waals surface area contributed by atoms with Gasteiger partial charge in [0.25, 0.3) is 0 Å². The molecule has 1 saturated heterocycles. The molecule has 1 fully saturated rings. The molecule has 0 spiro atoms. The highest BCUT2D eigenvalue weighted by Gasteiger charge is 2.21. The minimum atomic E-state index is 0.152. The van der Waals surface area contributed by atoms with Crippen molar-refractivity contribution in [3.8, 4) is 5.75 Å². The first-order valence-corrected chi connectivity index (χ1v) is 5.89. The molecule has 2 N–H and O–H groups in total. The largest absolute Gasteiger partial charge is 0.494 e. The average Bonchev–Trinajstić information content (AvgIpc) is 2.30. The third-order valence-corrected chi connectivity index (χ3v) is 2.89. The Balaban J connectivity index is 2.03. The van der Waals surface area contributed by atoms with Crippen LogP contribution in [-0.2, 0) is 4.74 Å². The molecule has 0 radical (unpaired) electrons. The maximum atomic E-state index is 5.94. The van der Waals surface area contributed by atoms with Crippen LogP contribution in [0.4, 0.5) is 0 Å². The molecular formula is C13H19NO2. The monoisotopic (exact) mass is 221 g/mol. The minimum Gasteiger partial charge on any atom is -0.494 e.